The summed E-state index contributed by atoms with van der Waals surface area (Å²) < 4.78 is 0. The minimum absolute atomic E-state index is 0.273. The average molecular weight is 251 g/mol. The van der Waals surface area contributed by atoms with E-state index in [1.165, 1.54) is 5.56 Å². The lowest BCUT2D eigenvalue weighted by atomic mass is 9.90. The fourth-order valence-electron chi connectivity index (χ4n) is 1.38. The number of hydrogen-bond acceptors (Lipinski definition) is 2. The van der Waals surface area contributed by atoms with Crippen LogP contribution in [-0.4, -0.2) is 11.1 Å². The SMILES string of the molecule is CC(C)(C)CCCC(=O)O.NCc1ccccc1. The van der Waals surface area contributed by atoms with E-state index >= 15 is 0 Å². The van der Waals surface area contributed by atoms with Crippen molar-refractivity contribution in [3.8, 4) is 0 Å². The van der Waals surface area contributed by atoms with Gasteiger partial charge in [0.2, 0.25) is 0 Å². The molecule has 0 atom stereocenters. The highest BCUT2D eigenvalue weighted by Gasteiger charge is 2.09. The molecular weight excluding hydrogens is 226 g/mol. The molecule has 0 aliphatic heterocycles. The van der Waals surface area contributed by atoms with E-state index in [1.807, 2.05) is 30.3 Å². The Hall–Kier alpha value is -1.35. The third-order valence-corrected chi connectivity index (χ3v) is 2.40. The molecule has 0 aromatic heterocycles. The van der Waals surface area contributed by atoms with E-state index in [-0.39, 0.29) is 5.41 Å². The molecule has 0 aliphatic carbocycles. The molecule has 0 aliphatic rings. The van der Waals surface area contributed by atoms with Crippen LogP contribution in [0.2, 0.25) is 0 Å². The molecule has 18 heavy (non-hydrogen) atoms. The normalized spacial score (nSPS) is 10.4. The summed E-state index contributed by atoms with van der Waals surface area (Å²) in [4.78, 5) is 10.1. The number of rotatable bonds is 4. The summed E-state index contributed by atoms with van der Waals surface area (Å²) in [7, 11) is 0. The molecule has 1 aromatic carbocycles. The Morgan fingerprint density at radius 1 is 1.22 bits per heavy atom. The summed E-state index contributed by atoms with van der Waals surface area (Å²) in [6, 6.07) is 9.99. The molecule has 3 N–H and O–H groups in total. The maximum atomic E-state index is 10.1. The average Bonchev–Trinajstić information content (AvgIpc) is 2.29. The van der Waals surface area contributed by atoms with Gasteiger partial charge in [-0.1, -0.05) is 51.1 Å². The molecule has 0 unspecified atom stereocenters. The van der Waals surface area contributed by atoms with Crippen molar-refractivity contribution in [1.29, 1.82) is 0 Å². The van der Waals surface area contributed by atoms with E-state index in [9.17, 15) is 4.79 Å². The minimum atomic E-state index is -0.691. The first kappa shape index (κ1) is 16.6. The molecule has 1 rings (SSSR count). The van der Waals surface area contributed by atoms with Gasteiger partial charge in [-0.15, -0.1) is 0 Å². The van der Waals surface area contributed by atoms with Gasteiger partial charge in [-0.05, 0) is 23.8 Å². The lowest BCUT2D eigenvalue weighted by molar-refractivity contribution is -0.137. The highest BCUT2D eigenvalue weighted by molar-refractivity contribution is 5.66. The molecule has 1 aromatic rings. The van der Waals surface area contributed by atoms with Crippen LogP contribution in [0.4, 0.5) is 0 Å². The lowest BCUT2D eigenvalue weighted by Crippen LogP contribution is -2.05. The monoisotopic (exact) mass is 251 g/mol. The minimum Gasteiger partial charge on any atom is -0.481 e. The molecule has 3 heteroatoms. The van der Waals surface area contributed by atoms with Gasteiger partial charge >= 0.3 is 5.97 Å². The van der Waals surface area contributed by atoms with E-state index in [0.717, 1.165) is 12.8 Å². The van der Waals surface area contributed by atoms with E-state index < -0.39 is 5.97 Å². The van der Waals surface area contributed by atoms with Crippen molar-refractivity contribution in [3.05, 3.63) is 35.9 Å². The molecule has 3 nitrogen and oxygen atoms in total. The maximum absolute atomic E-state index is 10.1. The highest BCUT2D eigenvalue weighted by Crippen LogP contribution is 2.21. The zero-order valence-corrected chi connectivity index (χ0v) is 11.6. The first-order valence-electron chi connectivity index (χ1n) is 6.31. The van der Waals surface area contributed by atoms with Crippen LogP contribution in [0.1, 0.15) is 45.6 Å². The summed E-state index contributed by atoms with van der Waals surface area (Å²) in [6.07, 6.45) is 2.08. The van der Waals surface area contributed by atoms with E-state index in [2.05, 4.69) is 20.8 Å². The number of nitrogens with two attached hydrogens (primary N) is 1. The van der Waals surface area contributed by atoms with E-state index in [4.69, 9.17) is 10.8 Å². The first-order chi connectivity index (χ1) is 8.35. The molecular formula is C15H25NO2. The van der Waals surface area contributed by atoms with Crippen LogP contribution in [0.3, 0.4) is 0 Å². The van der Waals surface area contributed by atoms with Gasteiger partial charge < -0.3 is 10.8 Å². The van der Waals surface area contributed by atoms with Crippen LogP contribution in [0, 0.1) is 5.41 Å². The number of carboxylic acid groups (broad SMARTS) is 1. The van der Waals surface area contributed by atoms with Crippen molar-refractivity contribution in [2.45, 2.75) is 46.6 Å². The van der Waals surface area contributed by atoms with Gasteiger partial charge in [-0.2, -0.15) is 0 Å². The number of carboxylic acids is 1. The quantitative estimate of drug-likeness (QED) is 0.861. The molecule has 0 spiro atoms. The predicted octanol–water partition coefficient (Wildman–Crippen LogP) is 3.43. The van der Waals surface area contributed by atoms with Gasteiger partial charge in [-0.25, -0.2) is 0 Å². The second-order valence-electron chi connectivity index (χ2n) is 5.50. The summed E-state index contributed by atoms with van der Waals surface area (Å²) >= 11 is 0. The lowest BCUT2D eigenvalue weighted by Gasteiger charge is -2.16. The molecule has 0 saturated carbocycles. The van der Waals surface area contributed by atoms with Crippen molar-refractivity contribution in [2.75, 3.05) is 0 Å². The van der Waals surface area contributed by atoms with Crippen LogP contribution >= 0.6 is 0 Å². The zero-order chi connectivity index (χ0) is 14.0. The van der Waals surface area contributed by atoms with E-state index in [1.54, 1.807) is 0 Å². The molecule has 0 amide bonds. The van der Waals surface area contributed by atoms with Crippen LogP contribution in [-0.2, 0) is 11.3 Å². The van der Waals surface area contributed by atoms with Gasteiger partial charge in [0, 0.05) is 13.0 Å². The van der Waals surface area contributed by atoms with Crippen molar-refractivity contribution in [2.24, 2.45) is 11.1 Å². The topological polar surface area (TPSA) is 63.3 Å². The molecule has 0 saturated heterocycles. The van der Waals surface area contributed by atoms with Crippen LogP contribution in [0.15, 0.2) is 30.3 Å². The van der Waals surface area contributed by atoms with Gasteiger partial charge in [-0.3, -0.25) is 4.79 Å². The highest BCUT2D eigenvalue weighted by atomic mass is 16.4. The Morgan fingerprint density at radius 3 is 2.11 bits per heavy atom. The summed E-state index contributed by atoms with van der Waals surface area (Å²) in [5.41, 5.74) is 6.81. The molecule has 0 fully saturated rings. The Balaban J connectivity index is 0.000000327. The smallest absolute Gasteiger partial charge is 0.303 e. The molecule has 0 heterocycles. The van der Waals surface area contributed by atoms with Crippen molar-refractivity contribution >= 4 is 5.97 Å². The number of benzene rings is 1. The number of hydrogen-bond donors (Lipinski definition) is 2. The summed E-state index contributed by atoms with van der Waals surface area (Å²) in [5.74, 6) is -0.691. The molecule has 0 radical (unpaired) electrons. The Kier molecular flexibility index (Phi) is 8.05. The second-order valence-corrected chi connectivity index (χ2v) is 5.50. The molecule has 102 valence electrons. The third kappa shape index (κ3) is 11.1. The van der Waals surface area contributed by atoms with Crippen LogP contribution in [0.25, 0.3) is 0 Å². The Bertz CT molecular complexity index is 328. The van der Waals surface area contributed by atoms with E-state index in [0.29, 0.717) is 13.0 Å². The zero-order valence-electron chi connectivity index (χ0n) is 11.6. The van der Waals surface area contributed by atoms with Crippen molar-refractivity contribution in [3.63, 3.8) is 0 Å². The summed E-state index contributed by atoms with van der Waals surface area (Å²) in [5, 5.41) is 8.31. The van der Waals surface area contributed by atoms with Crippen molar-refractivity contribution in [1.82, 2.24) is 0 Å². The first-order valence-corrected chi connectivity index (χ1v) is 6.31. The third-order valence-electron chi connectivity index (χ3n) is 2.40. The largest absolute Gasteiger partial charge is 0.481 e. The Morgan fingerprint density at radius 2 is 1.78 bits per heavy atom. The van der Waals surface area contributed by atoms with Gasteiger partial charge in [0.15, 0.2) is 0 Å². The maximum Gasteiger partial charge on any atom is 0.303 e. The van der Waals surface area contributed by atoms with Gasteiger partial charge in [0.1, 0.15) is 0 Å². The molecule has 0 bridgehead atoms. The van der Waals surface area contributed by atoms with Crippen LogP contribution < -0.4 is 5.73 Å². The standard InChI is InChI=1S/C8H16O2.C7H9N/c1-8(2,3)6-4-5-7(9)10;8-6-7-4-2-1-3-5-7/h4-6H2,1-3H3,(H,9,10);1-5H,6,8H2. The fraction of sp³-hybridized carbons (Fsp3) is 0.533. The second kappa shape index (κ2) is 8.70. The fourth-order valence-corrected chi connectivity index (χ4v) is 1.38. The van der Waals surface area contributed by atoms with Crippen molar-refractivity contribution < 1.29 is 9.90 Å². The Labute approximate surface area is 110 Å². The van der Waals surface area contributed by atoms with Crippen LogP contribution in [0.5, 0.6) is 0 Å². The number of carbonyl (C=O) groups is 1. The summed E-state index contributed by atoms with van der Waals surface area (Å²) in [6.45, 7) is 7.00. The van der Waals surface area contributed by atoms with Gasteiger partial charge in [0.05, 0.1) is 0 Å². The van der Waals surface area contributed by atoms with Gasteiger partial charge in [0.25, 0.3) is 0 Å². The predicted molar refractivity (Wildman–Crippen MR) is 75.3 cm³/mol. The number of aliphatic carboxylic acids is 1.